The molecule has 0 saturated carbocycles. The summed E-state index contributed by atoms with van der Waals surface area (Å²) in [5.41, 5.74) is 0.510. The lowest BCUT2D eigenvalue weighted by Crippen LogP contribution is -2.27. The third-order valence-electron chi connectivity index (χ3n) is 8.91. The van der Waals surface area contributed by atoms with E-state index in [9.17, 15) is 29.5 Å². The number of fused-ring (bicyclic) bond motifs is 2. The van der Waals surface area contributed by atoms with Crippen molar-refractivity contribution in [2.24, 2.45) is 0 Å². The molecule has 6 rings (SSSR count). The smallest absolute Gasteiger partial charge is 0.493 e. The maximum Gasteiger partial charge on any atom is 0.515 e. The molecule has 2 aliphatic heterocycles. The first-order valence-electron chi connectivity index (χ1n) is 18.6. The van der Waals surface area contributed by atoms with Crippen molar-refractivity contribution in [1.82, 2.24) is 18.7 Å². The number of rotatable bonds is 11. The van der Waals surface area contributed by atoms with Gasteiger partial charge in [-0.25, -0.2) is 23.8 Å². The minimum Gasteiger partial charge on any atom is -0.493 e. The lowest BCUT2D eigenvalue weighted by molar-refractivity contribution is 0.0537. The molecule has 1 N–H and O–H groups in total. The number of hydrogen-bond acceptors (Lipinski definition) is 13. The fourth-order valence-corrected chi connectivity index (χ4v) is 6.32. The van der Waals surface area contributed by atoms with E-state index in [1.54, 1.807) is 21.5 Å². The topological polar surface area (TPSA) is 230 Å². The molecule has 0 aliphatic carbocycles. The van der Waals surface area contributed by atoms with Gasteiger partial charge in [-0.05, 0) is 69.4 Å². The van der Waals surface area contributed by atoms with Crippen LogP contribution in [0.5, 0.6) is 11.8 Å². The van der Waals surface area contributed by atoms with Crippen molar-refractivity contribution in [3.05, 3.63) is 85.2 Å². The maximum absolute atomic E-state index is 13.1. The van der Waals surface area contributed by atoms with E-state index in [4.69, 9.17) is 47.6 Å². The van der Waals surface area contributed by atoms with Crippen molar-refractivity contribution in [2.45, 2.75) is 65.7 Å². The van der Waals surface area contributed by atoms with E-state index >= 15 is 0 Å². The minimum absolute atomic E-state index is 0.0211. The zero-order valence-electron chi connectivity index (χ0n) is 32.4. The first kappa shape index (κ1) is 44.9. The lowest BCUT2D eigenvalue weighted by atomic mass is 10.0. The Morgan fingerprint density at radius 3 is 1.81 bits per heavy atom. The highest BCUT2D eigenvalue weighted by Crippen LogP contribution is 2.36. The van der Waals surface area contributed by atoms with Gasteiger partial charge < -0.3 is 28.8 Å². The van der Waals surface area contributed by atoms with Crippen LogP contribution >= 0.6 is 11.6 Å². The number of halogens is 1. The predicted molar refractivity (Wildman–Crippen MR) is 211 cm³/mol. The molecule has 2 aromatic heterocycles. The summed E-state index contributed by atoms with van der Waals surface area (Å²) in [6, 6.07) is 14.9. The molecular formula is C40H41ClN8O10. The van der Waals surface area contributed by atoms with E-state index in [-0.39, 0.29) is 65.1 Å². The summed E-state index contributed by atoms with van der Waals surface area (Å²) in [6.07, 6.45) is 2.49. The molecule has 59 heavy (non-hydrogen) atoms. The highest BCUT2D eigenvalue weighted by Gasteiger charge is 2.29. The van der Waals surface area contributed by atoms with Crippen molar-refractivity contribution in [3.8, 4) is 52.2 Å². The molecule has 0 bridgehead atoms. The van der Waals surface area contributed by atoms with Crippen LogP contribution in [0.25, 0.3) is 27.1 Å². The normalized spacial score (nSPS) is 12.3. The Kier molecular flexibility index (Phi) is 16.9. The van der Waals surface area contributed by atoms with E-state index < -0.39 is 11.6 Å². The third kappa shape index (κ3) is 11.2. The van der Waals surface area contributed by atoms with Crippen molar-refractivity contribution < 1.29 is 38.4 Å². The minimum atomic E-state index is -0.954. The number of hydrogen-bond donors (Lipinski definition) is 1. The Morgan fingerprint density at radius 2 is 1.27 bits per heavy atom. The molecule has 0 fully saturated rings. The molecule has 4 aromatic rings. The summed E-state index contributed by atoms with van der Waals surface area (Å²) in [5, 5.41) is 37.8. The Morgan fingerprint density at radius 1 is 0.746 bits per heavy atom. The molecule has 0 radical (unpaired) electrons. The van der Waals surface area contributed by atoms with Crippen molar-refractivity contribution in [3.63, 3.8) is 0 Å². The van der Waals surface area contributed by atoms with Crippen molar-refractivity contribution in [2.75, 3.05) is 39.6 Å². The number of carbonyl (C=O) groups is 2. The molecule has 18 nitrogen and oxygen atoms in total. The van der Waals surface area contributed by atoms with E-state index in [0.29, 0.717) is 68.3 Å². The Balaban J connectivity index is 0.000000223. The molecule has 0 amide bonds. The molecule has 2 aliphatic rings. The van der Waals surface area contributed by atoms with Crippen LogP contribution in [0.1, 0.15) is 56.2 Å². The van der Waals surface area contributed by atoms with Gasteiger partial charge in [-0.2, -0.15) is 15.8 Å². The average Bonchev–Trinajstić information content (AvgIpc) is 3.68. The number of ether oxygens (including phenoxy) is 5. The largest absolute Gasteiger partial charge is 0.515 e. The number of aromatic hydroxyl groups is 1. The van der Waals surface area contributed by atoms with Gasteiger partial charge in [-0.3, -0.25) is 19.0 Å². The van der Waals surface area contributed by atoms with Crippen LogP contribution in [0, 0.1) is 40.6 Å². The average molecular weight is 829 g/mol. The summed E-state index contributed by atoms with van der Waals surface area (Å²) in [4.78, 5) is 51.0. The Labute approximate surface area is 343 Å². The van der Waals surface area contributed by atoms with Gasteiger partial charge in [0.15, 0.2) is 5.69 Å². The van der Waals surface area contributed by atoms with E-state index in [0.717, 1.165) is 25.7 Å². The van der Waals surface area contributed by atoms with Gasteiger partial charge in [0, 0.05) is 62.1 Å². The summed E-state index contributed by atoms with van der Waals surface area (Å²) >= 11 is 4.84. The zero-order chi connectivity index (χ0) is 42.9. The second-order valence-corrected chi connectivity index (χ2v) is 12.8. The van der Waals surface area contributed by atoms with Crippen LogP contribution in [0.15, 0.2) is 46.0 Å². The van der Waals surface area contributed by atoms with E-state index in [1.807, 2.05) is 32.1 Å². The summed E-state index contributed by atoms with van der Waals surface area (Å²) in [5.74, 6) is -0.0633. The molecule has 0 saturated heterocycles. The molecular weight excluding hydrogens is 788 g/mol. The van der Waals surface area contributed by atoms with Gasteiger partial charge in [-0.15, -0.1) is 0 Å². The van der Waals surface area contributed by atoms with Crippen LogP contribution in [-0.2, 0) is 45.1 Å². The van der Waals surface area contributed by atoms with Gasteiger partial charge in [0.05, 0.1) is 54.7 Å². The number of benzene rings is 2. The Hall–Kier alpha value is -6.83. The number of aromatic nitrogens is 4. The van der Waals surface area contributed by atoms with Crippen molar-refractivity contribution in [1.29, 1.82) is 15.8 Å². The molecule has 2 aromatic carbocycles. The molecule has 19 heteroatoms. The number of nitriles is 3. The summed E-state index contributed by atoms with van der Waals surface area (Å²) in [7, 11) is 0. The fourth-order valence-electron chi connectivity index (χ4n) is 6.25. The summed E-state index contributed by atoms with van der Waals surface area (Å²) < 4.78 is 30.9. The maximum atomic E-state index is 13.1. The second kappa shape index (κ2) is 22.2. The molecule has 0 atom stereocenters. The Bertz CT molecular complexity index is 2440. The van der Waals surface area contributed by atoms with Gasteiger partial charge in [0.25, 0.3) is 11.1 Å². The molecule has 4 heterocycles. The third-order valence-corrected chi connectivity index (χ3v) is 9.02. The second-order valence-electron chi connectivity index (χ2n) is 12.5. The van der Waals surface area contributed by atoms with Gasteiger partial charge in [0.1, 0.15) is 18.8 Å². The molecule has 0 spiro atoms. The molecule has 308 valence electrons. The van der Waals surface area contributed by atoms with Crippen molar-refractivity contribution >= 4 is 28.9 Å². The van der Waals surface area contributed by atoms with Crippen LogP contribution in [-0.4, -0.2) is 75.1 Å². The van der Waals surface area contributed by atoms with Gasteiger partial charge in [0.2, 0.25) is 11.8 Å². The van der Waals surface area contributed by atoms with Gasteiger partial charge >= 0.3 is 11.6 Å². The quantitative estimate of drug-likeness (QED) is 0.0787. The van der Waals surface area contributed by atoms with E-state index in [1.165, 1.54) is 33.6 Å². The van der Waals surface area contributed by atoms with Gasteiger partial charge in [-0.1, -0.05) is 12.1 Å². The monoisotopic (exact) mass is 828 g/mol. The standard InChI is InChI=1S/C20H20N4O5.C15H12N4O2.C5H9ClO3/c1-2-27-9-10-28-20(26)29-19-17(18(25)23-7-3-4-8-24(19)23)16-6-5-14(12-21)11-15(16)13-22;1-17-12-8-10(9-16)4-5-11(12)13-14(20)18-6-2-3-7-19(18)15(13)21;1-2-8-3-4-9-5(6)7/h5-6,11H,2-4,7-10H2,1H3;4-5,8,20H,2-3,6-7H2;2-4H2,1H3. The first-order chi connectivity index (χ1) is 28.5. The predicted octanol–water partition coefficient (Wildman–Crippen LogP) is 6.04. The van der Waals surface area contributed by atoms with Crippen LogP contribution in [0.3, 0.4) is 0 Å². The SMILES string of the molecule is CCOCCOC(=O)Cl.CCOCCOC(=O)Oc1c(-c2ccc(C#N)cc2C#N)c(=O)n2n1CCCC2.[C-]#[N+]c1cc(C#N)ccc1-c1c(O)n2n(c1=O)CCCC2. The first-order valence-corrected chi connectivity index (χ1v) is 19.0. The number of nitrogens with zero attached hydrogens (tertiary/aromatic N) is 8. The number of carbonyl (C=O) groups excluding carboxylic acids is 2. The van der Waals surface area contributed by atoms with Crippen LogP contribution < -0.4 is 15.9 Å². The van der Waals surface area contributed by atoms with Crippen LogP contribution in [0.4, 0.5) is 15.3 Å². The summed E-state index contributed by atoms with van der Waals surface area (Å²) in [6.45, 7) is 15.1. The highest BCUT2D eigenvalue weighted by atomic mass is 35.5. The van der Waals surface area contributed by atoms with Crippen LogP contribution in [0.2, 0.25) is 0 Å². The highest BCUT2D eigenvalue weighted by molar-refractivity contribution is 6.61. The zero-order valence-corrected chi connectivity index (χ0v) is 33.2. The molecule has 0 unspecified atom stereocenters. The fraction of sp³-hybridized carbons (Fsp3) is 0.400. The van der Waals surface area contributed by atoms with E-state index in [2.05, 4.69) is 9.58 Å². The lowest BCUT2D eigenvalue weighted by Gasteiger charge is -2.18.